The SMILES string of the molecule is CCC(N)C(SCc1cc(C)cc(C)c1)c1sccc1C. The summed E-state index contributed by atoms with van der Waals surface area (Å²) >= 11 is 3.82. The van der Waals surface area contributed by atoms with Gasteiger partial charge in [0.2, 0.25) is 0 Å². The molecule has 2 rings (SSSR count). The fourth-order valence-electron chi connectivity index (χ4n) is 2.62. The molecule has 0 saturated carbocycles. The summed E-state index contributed by atoms with van der Waals surface area (Å²) in [5, 5.41) is 2.58. The van der Waals surface area contributed by atoms with Gasteiger partial charge in [-0.15, -0.1) is 23.1 Å². The number of aryl methyl sites for hydroxylation is 3. The molecule has 1 nitrogen and oxygen atoms in total. The van der Waals surface area contributed by atoms with Gasteiger partial charge in [-0.25, -0.2) is 0 Å². The van der Waals surface area contributed by atoms with Crippen LogP contribution in [0.3, 0.4) is 0 Å². The minimum absolute atomic E-state index is 0.221. The third kappa shape index (κ3) is 4.35. The number of rotatable bonds is 6. The molecule has 21 heavy (non-hydrogen) atoms. The zero-order valence-electron chi connectivity index (χ0n) is 13.3. The molecule has 0 fully saturated rings. The average molecular weight is 320 g/mol. The average Bonchev–Trinajstić information content (AvgIpc) is 2.84. The van der Waals surface area contributed by atoms with Crippen LogP contribution >= 0.6 is 23.1 Å². The van der Waals surface area contributed by atoms with E-state index in [-0.39, 0.29) is 6.04 Å². The zero-order valence-corrected chi connectivity index (χ0v) is 15.0. The first-order chi connectivity index (χ1) is 10.0. The number of benzene rings is 1. The second-order valence-electron chi connectivity index (χ2n) is 5.77. The summed E-state index contributed by atoms with van der Waals surface area (Å²) in [6.45, 7) is 8.70. The molecule has 1 aromatic heterocycles. The van der Waals surface area contributed by atoms with Crippen LogP contribution < -0.4 is 5.73 Å². The number of hydrogen-bond acceptors (Lipinski definition) is 3. The highest BCUT2D eigenvalue weighted by Crippen LogP contribution is 2.39. The minimum Gasteiger partial charge on any atom is -0.326 e. The van der Waals surface area contributed by atoms with Crippen molar-refractivity contribution in [1.82, 2.24) is 0 Å². The van der Waals surface area contributed by atoms with Crippen LogP contribution in [0.25, 0.3) is 0 Å². The van der Waals surface area contributed by atoms with Gasteiger partial charge in [-0.3, -0.25) is 0 Å². The number of hydrogen-bond donors (Lipinski definition) is 1. The van der Waals surface area contributed by atoms with E-state index < -0.39 is 0 Å². The molecule has 114 valence electrons. The minimum atomic E-state index is 0.221. The molecule has 1 aromatic carbocycles. The summed E-state index contributed by atoms with van der Waals surface area (Å²) in [5.41, 5.74) is 11.9. The van der Waals surface area contributed by atoms with E-state index in [2.05, 4.69) is 57.3 Å². The standard InChI is InChI=1S/C18H25NS2/c1-5-16(19)18(17-14(4)6-7-20-17)21-11-15-9-12(2)8-13(3)10-15/h6-10,16,18H,5,11,19H2,1-4H3. The number of thioether (sulfide) groups is 1. The van der Waals surface area contributed by atoms with Gasteiger partial charge in [0.05, 0.1) is 5.25 Å². The van der Waals surface area contributed by atoms with Gasteiger partial charge in [-0.05, 0) is 49.8 Å². The molecule has 2 unspecified atom stereocenters. The van der Waals surface area contributed by atoms with Crippen LogP contribution in [0.4, 0.5) is 0 Å². The van der Waals surface area contributed by atoms with Crippen molar-refractivity contribution in [1.29, 1.82) is 0 Å². The molecule has 2 aromatic rings. The van der Waals surface area contributed by atoms with E-state index >= 15 is 0 Å². The fraction of sp³-hybridized carbons (Fsp3) is 0.444. The molecule has 0 aliphatic carbocycles. The first-order valence-electron chi connectivity index (χ1n) is 7.49. The summed E-state index contributed by atoms with van der Waals surface area (Å²) < 4.78 is 0. The normalized spacial score (nSPS) is 14.1. The van der Waals surface area contributed by atoms with Gasteiger partial charge in [-0.2, -0.15) is 0 Å². The van der Waals surface area contributed by atoms with Crippen LogP contribution in [0.1, 0.15) is 45.7 Å². The predicted molar refractivity (Wildman–Crippen MR) is 97.3 cm³/mol. The summed E-state index contributed by atoms with van der Waals surface area (Å²) in [6.07, 6.45) is 1.02. The molecule has 2 N–H and O–H groups in total. The molecule has 0 bridgehead atoms. The van der Waals surface area contributed by atoms with Gasteiger partial charge in [0.15, 0.2) is 0 Å². The van der Waals surface area contributed by atoms with Crippen molar-refractivity contribution in [3.63, 3.8) is 0 Å². The Balaban J connectivity index is 2.14. The Bertz CT molecular complexity index is 568. The first-order valence-corrected chi connectivity index (χ1v) is 9.42. The molecule has 0 aliphatic heterocycles. The molecule has 3 heteroatoms. The Morgan fingerprint density at radius 3 is 2.33 bits per heavy atom. The van der Waals surface area contributed by atoms with Crippen molar-refractivity contribution in [3.05, 3.63) is 56.8 Å². The Morgan fingerprint density at radius 2 is 1.81 bits per heavy atom. The van der Waals surface area contributed by atoms with Crippen molar-refractivity contribution in [2.24, 2.45) is 5.73 Å². The molecule has 2 atom stereocenters. The highest BCUT2D eigenvalue weighted by Gasteiger charge is 2.22. The molecular formula is C18H25NS2. The lowest BCUT2D eigenvalue weighted by atomic mass is 10.1. The largest absolute Gasteiger partial charge is 0.326 e. The third-order valence-electron chi connectivity index (χ3n) is 3.73. The maximum absolute atomic E-state index is 6.39. The topological polar surface area (TPSA) is 26.0 Å². The van der Waals surface area contributed by atoms with Crippen LogP contribution in [0.5, 0.6) is 0 Å². The molecule has 0 saturated heterocycles. The van der Waals surface area contributed by atoms with E-state index in [4.69, 9.17) is 5.73 Å². The van der Waals surface area contributed by atoms with Crippen molar-refractivity contribution in [2.75, 3.05) is 0 Å². The van der Waals surface area contributed by atoms with Crippen molar-refractivity contribution in [2.45, 2.75) is 51.2 Å². The molecule has 0 aliphatic rings. The van der Waals surface area contributed by atoms with Gasteiger partial charge in [-0.1, -0.05) is 36.2 Å². The summed E-state index contributed by atoms with van der Waals surface area (Å²) in [4.78, 5) is 1.44. The van der Waals surface area contributed by atoms with Gasteiger partial charge in [0, 0.05) is 16.7 Å². The Labute approximate surface area is 137 Å². The monoisotopic (exact) mass is 319 g/mol. The van der Waals surface area contributed by atoms with Gasteiger partial charge in [0.25, 0.3) is 0 Å². The maximum atomic E-state index is 6.39. The highest BCUT2D eigenvalue weighted by atomic mass is 32.2. The summed E-state index contributed by atoms with van der Waals surface area (Å²) in [5.74, 6) is 1.03. The van der Waals surface area contributed by atoms with Crippen LogP contribution in [-0.2, 0) is 5.75 Å². The lowest BCUT2D eigenvalue weighted by Crippen LogP contribution is -2.25. The third-order valence-corrected chi connectivity index (χ3v) is 6.43. The van der Waals surface area contributed by atoms with Gasteiger partial charge < -0.3 is 5.73 Å². The fourth-order valence-corrected chi connectivity index (χ4v) is 5.29. The van der Waals surface area contributed by atoms with E-state index in [1.807, 2.05) is 23.1 Å². The first kappa shape index (κ1) is 16.6. The molecule has 0 radical (unpaired) electrons. The van der Waals surface area contributed by atoms with Crippen molar-refractivity contribution >= 4 is 23.1 Å². The zero-order chi connectivity index (χ0) is 15.4. The smallest absolute Gasteiger partial charge is 0.0548 e. The van der Waals surface area contributed by atoms with Crippen molar-refractivity contribution in [3.8, 4) is 0 Å². The maximum Gasteiger partial charge on any atom is 0.0548 e. The molecule has 0 amide bonds. The Kier molecular flexibility index (Phi) is 5.91. The Hall–Kier alpha value is -0.770. The highest BCUT2D eigenvalue weighted by molar-refractivity contribution is 7.98. The van der Waals surface area contributed by atoms with E-state index in [0.717, 1.165) is 12.2 Å². The van der Waals surface area contributed by atoms with E-state index in [1.165, 1.54) is 27.1 Å². The van der Waals surface area contributed by atoms with Crippen LogP contribution in [0.15, 0.2) is 29.6 Å². The lowest BCUT2D eigenvalue weighted by molar-refractivity contribution is 0.638. The second-order valence-corrected chi connectivity index (χ2v) is 7.85. The van der Waals surface area contributed by atoms with Crippen molar-refractivity contribution < 1.29 is 0 Å². The quantitative estimate of drug-likeness (QED) is 0.773. The summed E-state index contributed by atoms with van der Waals surface area (Å²) in [6, 6.07) is 9.23. The van der Waals surface area contributed by atoms with E-state index in [9.17, 15) is 0 Å². The van der Waals surface area contributed by atoms with Crippen LogP contribution in [-0.4, -0.2) is 6.04 Å². The van der Waals surface area contributed by atoms with Gasteiger partial charge >= 0.3 is 0 Å². The van der Waals surface area contributed by atoms with E-state index in [0.29, 0.717) is 5.25 Å². The van der Waals surface area contributed by atoms with E-state index in [1.54, 1.807) is 0 Å². The van der Waals surface area contributed by atoms with Crippen LogP contribution in [0.2, 0.25) is 0 Å². The van der Waals surface area contributed by atoms with Crippen LogP contribution in [0, 0.1) is 20.8 Å². The number of nitrogens with two attached hydrogens (primary N) is 1. The molecule has 0 spiro atoms. The second kappa shape index (κ2) is 7.48. The lowest BCUT2D eigenvalue weighted by Gasteiger charge is -2.22. The Morgan fingerprint density at radius 1 is 1.14 bits per heavy atom. The van der Waals surface area contributed by atoms with Gasteiger partial charge in [0.1, 0.15) is 0 Å². The molecule has 1 heterocycles. The number of thiophene rings is 1. The summed E-state index contributed by atoms with van der Waals surface area (Å²) in [7, 11) is 0. The molecular weight excluding hydrogens is 294 g/mol. The predicted octanol–water partition coefficient (Wildman–Crippen LogP) is 5.39.